The molecule has 1 aromatic carbocycles. The van der Waals surface area contributed by atoms with Crippen molar-refractivity contribution in [1.29, 1.82) is 0 Å². The molecule has 0 atom stereocenters. The summed E-state index contributed by atoms with van der Waals surface area (Å²) in [6.45, 7) is 2.12. The molecule has 0 saturated carbocycles. The van der Waals surface area contributed by atoms with Crippen LogP contribution in [0.2, 0.25) is 0 Å². The molecule has 28 heavy (non-hydrogen) atoms. The van der Waals surface area contributed by atoms with Crippen molar-refractivity contribution in [2.75, 3.05) is 13.7 Å². The molecule has 9 heteroatoms. The number of amides is 1. The molecule has 0 aliphatic carbocycles. The number of nitrogens with one attached hydrogen (secondary N) is 1. The molecule has 0 unspecified atom stereocenters. The van der Waals surface area contributed by atoms with E-state index in [1.807, 2.05) is 6.92 Å². The van der Waals surface area contributed by atoms with E-state index in [1.165, 1.54) is 7.11 Å². The van der Waals surface area contributed by atoms with Crippen molar-refractivity contribution in [3.05, 3.63) is 58.0 Å². The van der Waals surface area contributed by atoms with E-state index in [-0.39, 0.29) is 6.54 Å². The Balaban J connectivity index is 2.02. The zero-order valence-corrected chi connectivity index (χ0v) is 15.5. The number of carbonyl (C=O) groups is 1. The second kappa shape index (κ2) is 9.29. The molecule has 0 fully saturated rings. The van der Waals surface area contributed by atoms with Gasteiger partial charge in [0.15, 0.2) is 11.5 Å². The summed E-state index contributed by atoms with van der Waals surface area (Å²) in [6.07, 6.45) is -2.79. The van der Waals surface area contributed by atoms with Gasteiger partial charge in [0.2, 0.25) is 5.91 Å². The first-order chi connectivity index (χ1) is 13.3. The van der Waals surface area contributed by atoms with Gasteiger partial charge in [-0.05, 0) is 36.2 Å². The van der Waals surface area contributed by atoms with Crippen LogP contribution in [-0.2, 0) is 24.1 Å². The monoisotopic (exact) mass is 398 g/mol. The molecular weight excluding hydrogens is 377 g/mol. The van der Waals surface area contributed by atoms with Crippen LogP contribution in [0.25, 0.3) is 0 Å². The first kappa shape index (κ1) is 21.3. The first-order valence-electron chi connectivity index (χ1n) is 8.59. The lowest BCUT2D eigenvalue weighted by Gasteiger charge is -2.13. The number of pyridine rings is 1. The molecular formula is C19H21F3N2O4. The number of hydrogen-bond acceptors (Lipinski definition) is 4. The summed E-state index contributed by atoms with van der Waals surface area (Å²) in [7, 11) is 1.50. The van der Waals surface area contributed by atoms with E-state index in [2.05, 4.69) is 5.32 Å². The van der Waals surface area contributed by atoms with E-state index in [0.717, 1.165) is 23.3 Å². The van der Waals surface area contributed by atoms with E-state index in [4.69, 9.17) is 9.47 Å². The van der Waals surface area contributed by atoms with Crippen molar-refractivity contribution in [3.8, 4) is 11.5 Å². The zero-order valence-electron chi connectivity index (χ0n) is 15.5. The quantitative estimate of drug-likeness (QED) is 0.742. The first-order valence-corrected chi connectivity index (χ1v) is 8.59. The molecule has 0 radical (unpaired) electrons. The van der Waals surface area contributed by atoms with Crippen molar-refractivity contribution in [1.82, 2.24) is 9.88 Å². The number of nitrogens with zero attached hydrogens (tertiary/aromatic N) is 1. The largest absolute Gasteiger partial charge is 0.493 e. The summed E-state index contributed by atoms with van der Waals surface area (Å²) in [4.78, 5) is 23.9. The Kier molecular flexibility index (Phi) is 7.08. The predicted octanol–water partition coefficient (Wildman–Crippen LogP) is 2.98. The van der Waals surface area contributed by atoms with Gasteiger partial charge in [0.05, 0.1) is 13.7 Å². The van der Waals surface area contributed by atoms with Crippen molar-refractivity contribution in [2.24, 2.45) is 0 Å². The number of ether oxygens (including phenoxy) is 2. The maximum Gasteiger partial charge on any atom is 0.421 e. The normalized spacial score (nSPS) is 11.2. The third-order valence-corrected chi connectivity index (χ3v) is 3.82. The number of halogens is 3. The van der Waals surface area contributed by atoms with Crippen molar-refractivity contribution >= 4 is 5.91 Å². The van der Waals surface area contributed by atoms with Crippen molar-refractivity contribution < 1.29 is 27.4 Å². The molecule has 152 valence electrons. The van der Waals surface area contributed by atoms with E-state index in [0.29, 0.717) is 29.7 Å². The van der Waals surface area contributed by atoms with Crippen molar-refractivity contribution in [3.63, 3.8) is 0 Å². The Morgan fingerprint density at radius 2 is 1.96 bits per heavy atom. The lowest BCUT2D eigenvalue weighted by molar-refractivity contribution is -0.139. The molecule has 1 amide bonds. The highest BCUT2D eigenvalue weighted by molar-refractivity contribution is 5.75. The average molecular weight is 398 g/mol. The molecule has 2 aromatic rings. The van der Waals surface area contributed by atoms with Crippen LogP contribution in [0, 0.1) is 0 Å². The fourth-order valence-corrected chi connectivity index (χ4v) is 2.44. The Morgan fingerprint density at radius 3 is 2.61 bits per heavy atom. The van der Waals surface area contributed by atoms with Gasteiger partial charge in [-0.3, -0.25) is 9.59 Å². The highest BCUT2D eigenvalue weighted by Gasteiger charge is 2.34. The molecule has 0 spiro atoms. The van der Waals surface area contributed by atoms with Crippen molar-refractivity contribution in [2.45, 2.75) is 32.6 Å². The van der Waals surface area contributed by atoms with Gasteiger partial charge in [0.1, 0.15) is 12.1 Å². The Labute approximate surface area is 159 Å². The maximum atomic E-state index is 12.8. The van der Waals surface area contributed by atoms with Gasteiger partial charge >= 0.3 is 6.18 Å². The number of carbonyl (C=O) groups excluding carboxylic acids is 1. The molecule has 0 saturated heterocycles. The minimum Gasteiger partial charge on any atom is -0.493 e. The van der Waals surface area contributed by atoms with Crippen LogP contribution in [0.4, 0.5) is 13.2 Å². The highest BCUT2D eigenvalue weighted by atomic mass is 19.4. The standard InChI is InChI=1S/C19H21F3N2O4/c1-3-9-28-15-7-6-13(10-16(15)27-2)11-23-17(25)12-24-8-4-5-14(18(24)26)19(20,21)22/h4-8,10H,3,9,11-12H2,1-2H3,(H,23,25). The maximum absolute atomic E-state index is 12.8. The Bertz CT molecular complexity index is 878. The average Bonchev–Trinajstić information content (AvgIpc) is 2.65. The third-order valence-electron chi connectivity index (χ3n) is 3.82. The smallest absolute Gasteiger partial charge is 0.421 e. The molecule has 2 rings (SSSR count). The molecule has 0 aliphatic heterocycles. The highest BCUT2D eigenvalue weighted by Crippen LogP contribution is 2.28. The molecule has 6 nitrogen and oxygen atoms in total. The second-order valence-electron chi connectivity index (χ2n) is 5.96. The minimum absolute atomic E-state index is 0.122. The summed E-state index contributed by atoms with van der Waals surface area (Å²) < 4.78 is 49.9. The van der Waals surface area contributed by atoms with Crippen LogP contribution in [0.1, 0.15) is 24.5 Å². The van der Waals surface area contributed by atoms with Crippen LogP contribution >= 0.6 is 0 Å². The topological polar surface area (TPSA) is 69.6 Å². The number of benzene rings is 1. The van der Waals surface area contributed by atoms with Gasteiger partial charge < -0.3 is 19.4 Å². The fraction of sp³-hybridized carbons (Fsp3) is 0.368. The number of hydrogen-bond donors (Lipinski definition) is 1. The Hall–Kier alpha value is -2.97. The van der Waals surface area contributed by atoms with Gasteiger partial charge in [-0.15, -0.1) is 0 Å². The third kappa shape index (κ3) is 5.51. The number of alkyl halides is 3. The summed E-state index contributed by atoms with van der Waals surface area (Å²) in [5.41, 5.74) is -1.86. The molecule has 1 aromatic heterocycles. The van der Waals surface area contributed by atoms with Gasteiger partial charge in [-0.1, -0.05) is 13.0 Å². The van der Waals surface area contributed by atoms with Crippen LogP contribution < -0.4 is 20.3 Å². The van der Waals surface area contributed by atoms with Crippen LogP contribution in [0.5, 0.6) is 11.5 Å². The SMILES string of the molecule is CCCOc1ccc(CNC(=O)Cn2cccc(C(F)(F)F)c2=O)cc1OC. The lowest BCUT2D eigenvalue weighted by atomic mass is 10.2. The number of rotatable bonds is 8. The summed E-state index contributed by atoms with van der Waals surface area (Å²) in [5, 5.41) is 2.57. The second-order valence-corrected chi connectivity index (χ2v) is 5.96. The summed E-state index contributed by atoms with van der Waals surface area (Å²) >= 11 is 0. The Morgan fingerprint density at radius 1 is 1.21 bits per heavy atom. The number of methoxy groups -OCH3 is 1. The van der Waals surface area contributed by atoms with Gasteiger partial charge in [-0.25, -0.2) is 0 Å². The summed E-state index contributed by atoms with van der Waals surface area (Å²) in [6, 6.07) is 6.92. The van der Waals surface area contributed by atoms with Gasteiger partial charge in [0.25, 0.3) is 5.56 Å². The fourth-order valence-electron chi connectivity index (χ4n) is 2.44. The zero-order chi connectivity index (χ0) is 20.7. The van der Waals surface area contributed by atoms with Gasteiger partial charge in [0, 0.05) is 12.7 Å². The van der Waals surface area contributed by atoms with E-state index >= 15 is 0 Å². The van der Waals surface area contributed by atoms with E-state index < -0.39 is 29.8 Å². The van der Waals surface area contributed by atoms with Crippen LogP contribution in [0.3, 0.4) is 0 Å². The molecule has 0 bridgehead atoms. The van der Waals surface area contributed by atoms with E-state index in [9.17, 15) is 22.8 Å². The molecule has 0 aliphatic rings. The lowest BCUT2D eigenvalue weighted by Crippen LogP contribution is -2.34. The minimum atomic E-state index is -4.77. The van der Waals surface area contributed by atoms with E-state index in [1.54, 1.807) is 18.2 Å². The molecule has 1 heterocycles. The molecule has 1 N–H and O–H groups in total. The van der Waals surface area contributed by atoms with Crippen LogP contribution in [-0.4, -0.2) is 24.2 Å². The number of aromatic nitrogens is 1. The van der Waals surface area contributed by atoms with Crippen LogP contribution in [0.15, 0.2) is 41.3 Å². The summed E-state index contributed by atoms with van der Waals surface area (Å²) in [5.74, 6) is 0.496. The van der Waals surface area contributed by atoms with Gasteiger partial charge in [-0.2, -0.15) is 13.2 Å². The predicted molar refractivity (Wildman–Crippen MR) is 96.3 cm³/mol.